The van der Waals surface area contributed by atoms with E-state index >= 15 is 0 Å². The molecule has 0 spiro atoms. The van der Waals surface area contributed by atoms with Gasteiger partial charge in [0.25, 0.3) is 0 Å². The molecule has 2 atom stereocenters. The van der Waals surface area contributed by atoms with Crippen molar-refractivity contribution < 1.29 is 14.0 Å². The van der Waals surface area contributed by atoms with E-state index in [2.05, 4.69) is 17.6 Å². The lowest BCUT2D eigenvalue weighted by Gasteiger charge is -2.18. The SMILES string of the molecule is CCCCNC(=O)[C@H]1CN(C(=O)NCC)C[C@H]1c1cccc(F)c1. The zero-order valence-electron chi connectivity index (χ0n) is 14.3. The maximum Gasteiger partial charge on any atom is 0.317 e. The van der Waals surface area contributed by atoms with Gasteiger partial charge in [-0.3, -0.25) is 4.79 Å². The van der Waals surface area contributed by atoms with Crippen LogP contribution >= 0.6 is 0 Å². The third-order valence-corrected chi connectivity index (χ3v) is 4.38. The predicted molar refractivity (Wildman–Crippen MR) is 91.2 cm³/mol. The highest BCUT2D eigenvalue weighted by Gasteiger charge is 2.40. The van der Waals surface area contributed by atoms with Crippen LogP contribution in [0, 0.1) is 11.7 Å². The van der Waals surface area contributed by atoms with Gasteiger partial charge in [-0.1, -0.05) is 25.5 Å². The Bertz CT molecular complexity index is 579. The van der Waals surface area contributed by atoms with Crippen LogP contribution in [0.25, 0.3) is 0 Å². The van der Waals surface area contributed by atoms with Gasteiger partial charge in [0.15, 0.2) is 0 Å². The fraction of sp³-hybridized carbons (Fsp3) is 0.556. The fourth-order valence-corrected chi connectivity index (χ4v) is 3.09. The lowest BCUT2D eigenvalue weighted by atomic mass is 9.88. The van der Waals surface area contributed by atoms with Crippen LogP contribution in [0.15, 0.2) is 24.3 Å². The highest BCUT2D eigenvalue weighted by Crippen LogP contribution is 2.33. The summed E-state index contributed by atoms with van der Waals surface area (Å²) in [5.41, 5.74) is 0.762. The van der Waals surface area contributed by atoms with Gasteiger partial charge in [0.1, 0.15) is 5.82 Å². The van der Waals surface area contributed by atoms with Gasteiger partial charge in [-0.25, -0.2) is 9.18 Å². The summed E-state index contributed by atoms with van der Waals surface area (Å²) < 4.78 is 13.6. The molecule has 2 rings (SSSR count). The second kappa shape index (κ2) is 8.66. The number of carbonyl (C=O) groups excluding carboxylic acids is 2. The van der Waals surface area contributed by atoms with E-state index in [1.165, 1.54) is 12.1 Å². The molecule has 0 aliphatic carbocycles. The van der Waals surface area contributed by atoms with E-state index in [1.807, 2.05) is 13.0 Å². The molecule has 1 aliphatic heterocycles. The molecule has 1 fully saturated rings. The number of halogens is 1. The first-order valence-corrected chi connectivity index (χ1v) is 8.62. The summed E-state index contributed by atoms with van der Waals surface area (Å²) >= 11 is 0. The van der Waals surface area contributed by atoms with Gasteiger partial charge >= 0.3 is 6.03 Å². The van der Waals surface area contributed by atoms with Crippen molar-refractivity contribution >= 4 is 11.9 Å². The Hall–Kier alpha value is -2.11. The molecule has 0 saturated carbocycles. The number of nitrogens with zero attached hydrogens (tertiary/aromatic N) is 1. The van der Waals surface area contributed by atoms with Crippen molar-refractivity contribution in [2.24, 2.45) is 5.92 Å². The summed E-state index contributed by atoms with van der Waals surface area (Å²) in [7, 11) is 0. The number of carbonyl (C=O) groups is 2. The smallest absolute Gasteiger partial charge is 0.317 e. The number of hydrogen-bond donors (Lipinski definition) is 2. The van der Waals surface area contributed by atoms with Crippen LogP contribution in [0.2, 0.25) is 0 Å². The Morgan fingerprint density at radius 3 is 2.71 bits per heavy atom. The van der Waals surface area contributed by atoms with Gasteiger partial charge in [0.2, 0.25) is 5.91 Å². The molecular formula is C18H26FN3O2. The summed E-state index contributed by atoms with van der Waals surface area (Å²) in [6, 6.07) is 6.13. The average molecular weight is 335 g/mol. The summed E-state index contributed by atoms with van der Waals surface area (Å²) in [6.07, 6.45) is 1.92. The quantitative estimate of drug-likeness (QED) is 0.785. The molecule has 0 bridgehead atoms. The summed E-state index contributed by atoms with van der Waals surface area (Å²) in [5.74, 6) is -0.935. The lowest BCUT2D eigenvalue weighted by Crippen LogP contribution is -2.40. The van der Waals surface area contributed by atoms with Crippen molar-refractivity contribution in [3.8, 4) is 0 Å². The third-order valence-electron chi connectivity index (χ3n) is 4.38. The zero-order chi connectivity index (χ0) is 17.5. The van der Waals surface area contributed by atoms with Gasteiger partial charge in [-0.05, 0) is 31.0 Å². The molecule has 5 nitrogen and oxygen atoms in total. The summed E-state index contributed by atoms with van der Waals surface area (Å²) in [4.78, 5) is 26.3. The normalized spacial score (nSPS) is 20.0. The minimum absolute atomic E-state index is 0.0653. The summed E-state index contributed by atoms with van der Waals surface area (Å²) in [5, 5.41) is 5.70. The first-order chi connectivity index (χ1) is 11.6. The van der Waals surface area contributed by atoms with E-state index in [4.69, 9.17) is 0 Å². The van der Waals surface area contributed by atoms with Gasteiger partial charge in [0.05, 0.1) is 5.92 Å². The molecule has 24 heavy (non-hydrogen) atoms. The largest absolute Gasteiger partial charge is 0.356 e. The van der Waals surface area contributed by atoms with Crippen LogP contribution in [-0.4, -0.2) is 43.0 Å². The molecule has 3 amide bonds. The topological polar surface area (TPSA) is 61.4 Å². The Balaban J connectivity index is 2.16. The lowest BCUT2D eigenvalue weighted by molar-refractivity contribution is -0.124. The molecule has 1 aromatic carbocycles. The fourth-order valence-electron chi connectivity index (χ4n) is 3.09. The van der Waals surface area contributed by atoms with E-state index in [0.717, 1.165) is 18.4 Å². The van der Waals surface area contributed by atoms with E-state index in [1.54, 1.807) is 11.0 Å². The second-order valence-electron chi connectivity index (χ2n) is 6.15. The van der Waals surface area contributed by atoms with E-state index in [-0.39, 0.29) is 29.6 Å². The molecule has 1 aromatic rings. The van der Waals surface area contributed by atoms with E-state index in [9.17, 15) is 14.0 Å². The van der Waals surface area contributed by atoms with Gasteiger partial charge in [0, 0.05) is 32.1 Å². The Morgan fingerprint density at radius 1 is 1.25 bits per heavy atom. The van der Waals surface area contributed by atoms with E-state index in [0.29, 0.717) is 26.2 Å². The van der Waals surface area contributed by atoms with Crippen LogP contribution in [0.1, 0.15) is 38.2 Å². The molecule has 132 valence electrons. The van der Waals surface area contributed by atoms with Crippen LogP contribution in [0.4, 0.5) is 9.18 Å². The number of likely N-dealkylation sites (tertiary alicyclic amines) is 1. The Labute approximate surface area is 142 Å². The van der Waals surface area contributed by atoms with Crippen molar-refractivity contribution in [1.82, 2.24) is 15.5 Å². The van der Waals surface area contributed by atoms with Crippen LogP contribution < -0.4 is 10.6 Å². The monoisotopic (exact) mass is 335 g/mol. The number of amides is 3. The number of benzene rings is 1. The maximum absolute atomic E-state index is 13.6. The summed E-state index contributed by atoms with van der Waals surface area (Å²) in [6.45, 7) is 5.85. The maximum atomic E-state index is 13.6. The van der Waals surface area contributed by atoms with Crippen LogP contribution in [0.5, 0.6) is 0 Å². The first-order valence-electron chi connectivity index (χ1n) is 8.62. The molecule has 1 heterocycles. The van der Waals surface area contributed by atoms with Crippen molar-refractivity contribution in [1.29, 1.82) is 0 Å². The van der Waals surface area contributed by atoms with E-state index < -0.39 is 0 Å². The number of unbranched alkanes of at least 4 members (excludes halogenated alkanes) is 1. The Morgan fingerprint density at radius 2 is 2.04 bits per heavy atom. The highest BCUT2D eigenvalue weighted by molar-refractivity contribution is 5.82. The highest BCUT2D eigenvalue weighted by atomic mass is 19.1. The molecule has 6 heteroatoms. The first kappa shape index (κ1) is 18.2. The zero-order valence-corrected chi connectivity index (χ0v) is 14.3. The Kier molecular flexibility index (Phi) is 6.58. The molecule has 0 unspecified atom stereocenters. The molecular weight excluding hydrogens is 309 g/mol. The minimum atomic E-state index is -0.355. The molecule has 0 aromatic heterocycles. The van der Waals surface area contributed by atoms with Crippen LogP contribution in [0.3, 0.4) is 0 Å². The van der Waals surface area contributed by atoms with Gasteiger partial charge in [-0.2, -0.15) is 0 Å². The molecule has 1 saturated heterocycles. The van der Waals surface area contributed by atoms with Crippen molar-refractivity contribution in [3.05, 3.63) is 35.6 Å². The van der Waals surface area contributed by atoms with Crippen molar-refractivity contribution in [3.63, 3.8) is 0 Å². The second-order valence-corrected chi connectivity index (χ2v) is 6.15. The van der Waals surface area contributed by atoms with Gasteiger partial charge < -0.3 is 15.5 Å². The molecule has 0 radical (unpaired) electrons. The number of urea groups is 1. The van der Waals surface area contributed by atoms with Crippen molar-refractivity contribution in [2.45, 2.75) is 32.6 Å². The van der Waals surface area contributed by atoms with Crippen LogP contribution in [-0.2, 0) is 4.79 Å². The number of nitrogens with one attached hydrogen (secondary N) is 2. The third kappa shape index (κ3) is 4.46. The standard InChI is InChI=1S/C18H26FN3O2/c1-3-5-9-21-17(23)16-12-22(18(24)20-4-2)11-15(16)13-7-6-8-14(19)10-13/h6-8,10,15-16H,3-5,9,11-12H2,1-2H3,(H,20,24)(H,21,23)/t15-,16-/m0/s1. The minimum Gasteiger partial charge on any atom is -0.356 e. The average Bonchev–Trinajstić information content (AvgIpc) is 3.01. The number of hydrogen-bond acceptors (Lipinski definition) is 2. The predicted octanol–water partition coefficient (Wildman–Crippen LogP) is 2.49. The number of rotatable bonds is 6. The molecule has 2 N–H and O–H groups in total. The molecule has 1 aliphatic rings. The van der Waals surface area contributed by atoms with Crippen molar-refractivity contribution in [2.75, 3.05) is 26.2 Å². The van der Waals surface area contributed by atoms with Gasteiger partial charge in [-0.15, -0.1) is 0 Å².